The fourth-order valence-electron chi connectivity index (χ4n) is 11.1. The van der Waals surface area contributed by atoms with Crippen LogP contribution < -0.4 is 4.90 Å². The lowest BCUT2D eigenvalue weighted by atomic mass is 9.59. The largest absolute Gasteiger partial charge is 0.310 e. The Kier molecular flexibility index (Phi) is 7.45. The Balaban J connectivity index is 1.00. The third-order valence-electron chi connectivity index (χ3n) is 13.6. The van der Waals surface area contributed by atoms with E-state index in [1.54, 1.807) is 0 Å². The number of rotatable bonds is 4. The number of hydrogen-bond acceptors (Lipinski definition) is 3. The van der Waals surface area contributed by atoms with Crippen molar-refractivity contribution in [3.05, 3.63) is 241 Å². The minimum atomic E-state index is -0.491. The summed E-state index contributed by atoms with van der Waals surface area (Å²) in [6.45, 7) is 0. The molecule has 63 heavy (non-hydrogen) atoms. The number of benzene rings is 10. The predicted octanol–water partition coefficient (Wildman–Crippen LogP) is 16.6. The van der Waals surface area contributed by atoms with Gasteiger partial charge in [-0.2, -0.15) is 0 Å². The maximum absolute atomic E-state index is 2.48. The highest BCUT2D eigenvalue weighted by Gasteiger charge is 2.48. The van der Waals surface area contributed by atoms with E-state index >= 15 is 0 Å². The third-order valence-corrected chi connectivity index (χ3v) is 15.9. The number of thiophene rings is 1. The molecule has 2 nitrogen and oxygen atoms in total. The summed E-state index contributed by atoms with van der Waals surface area (Å²) >= 11 is 3.77. The number of para-hydroxylation sites is 2. The summed E-state index contributed by atoms with van der Waals surface area (Å²) in [6, 6.07) is 81.5. The first kappa shape index (κ1) is 35.2. The van der Waals surface area contributed by atoms with Crippen LogP contribution in [0.5, 0.6) is 0 Å². The van der Waals surface area contributed by atoms with Crippen LogP contribution in [-0.4, -0.2) is 4.57 Å². The highest BCUT2D eigenvalue weighted by Crippen LogP contribution is 2.62. The highest BCUT2D eigenvalue weighted by molar-refractivity contribution is 7.99. The first-order valence-corrected chi connectivity index (χ1v) is 23.2. The molecule has 1 aliphatic heterocycles. The molecular weight excluding hydrogens is 801 g/mol. The number of nitrogens with zero attached hydrogens (tertiary/aromatic N) is 2. The topological polar surface area (TPSA) is 8.17 Å². The molecule has 2 aliphatic rings. The zero-order valence-corrected chi connectivity index (χ0v) is 35.6. The molecule has 0 N–H and O–H groups in total. The van der Waals surface area contributed by atoms with Crippen molar-refractivity contribution in [3.8, 4) is 16.8 Å². The van der Waals surface area contributed by atoms with Crippen LogP contribution in [0.15, 0.2) is 228 Å². The second-order valence-corrected chi connectivity index (χ2v) is 18.9. The summed E-state index contributed by atoms with van der Waals surface area (Å²) < 4.78 is 5.10. The summed E-state index contributed by atoms with van der Waals surface area (Å²) in [6.07, 6.45) is 0. The average molecular weight is 837 g/mol. The van der Waals surface area contributed by atoms with Crippen LogP contribution in [0.2, 0.25) is 0 Å². The Morgan fingerprint density at radius 2 is 1.03 bits per heavy atom. The van der Waals surface area contributed by atoms with Crippen molar-refractivity contribution in [1.29, 1.82) is 0 Å². The third kappa shape index (κ3) is 4.85. The van der Waals surface area contributed by atoms with Crippen LogP contribution in [0.1, 0.15) is 22.3 Å². The van der Waals surface area contributed by atoms with Crippen LogP contribution in [0.25, 0.3) is 69.6 Å². The van der Waals surface area contributed by atoms with E-state index in [4.69, 9.17) is 0 Å². The van der Waals surface area contributed by atoms with Crippen LogP contribution in [0, 0.1) is 0 Å². The van der Waals surface area contributed by atoms with E-state index in [0.29, 0.717) is 0 Å². The highest BCUT2D eigenvalue weighted by atomic mass is 32.2. The van der Waals surface area contributed by atoms with Gasteiger partial charge in [0, 0.05) is 57.8 Å². The second-order valence-electron chi connectivity index (χ2n) is 16.8. The minimum Gasteiger partial charge on any atom is -0.310 e. The van der Waals surface area contributed by atoms with Crippen LogP contribution in [-0.2, 0) is 5.41 Å². The average Bonchev–Trinajstić information content (AvgIpc) is 3.89. The quantitative estimate of drug-likeness (QED) is 0.174. The summed E-state index contributed by atoms with van der Waals surface area (Å²) in [5, 5.41) is 7.70. The molecule has 0 amide bonds. The fraction of sp³-hybridized carbons (Fsp3) is 0.0169. The van der Waals surface area contributed by atoms with E-state index in [0.717, 1.165) is 17.1 Å². The molecule has 0 saturated heterocycles. The van der Waals surface area contributed by atoms with Gasteiger partial charge in [0.1, 0.15) is 0 Å². The Morgan fingerprint density at radius 1 is 0.381 bits per heavy atom. The molecule has 1 aliphatic carbocycles. The van der Waals surface area contributed by atoms with Gasteiger partial charge in [-0.1, -0.05) is 157 Å². The summed E-state index contributed by atoms with van der Waals surface area (Å²) in [7, 11) is 0. The maximum atomic E-state index is 2.48. The molecule has 2 aromatic heterocycles. The van der Waals surface area contributed by atoms with Gasteiger partial charge in [-0.25, -0.2) is 0 Å². The lowest BCUT2D eigenvalue weighted by Gasteiger charge is -2.46. The number of aromatic nitrogens is 1. The molecule has 1 unspecified atom stereocenters. The van der Waals surface area contributed by atoms with Crippen LogP contribution in [0.4, 0.5) is 17.1 Å². The summed E-state index contributed by atoms with van der Waals surface area (Å²) in [5.74, 6) is 0. The van der Waals surface area contributed by atoms with Crippen LogP contribution in [0.3, 0.4) is 0 Å². The van der Waals surface area contributed by atoms with Gasteiger partial charge in [-0.3, -0.25) is 0 Å². The van der Waals surface area contributed by atoms with Crippen molar-refractivity contribution in [2.24, 2.45) is 0 Å². The van der Waals surface area contributed by atoms with Crippen molar-refractivity contribution in [2.45, 2.75) is 15.2 Å². The lowest BCUT2D eigenvalue weighted by molar-refractivity contribution is 0.707. The minimum absolute atomic E-state index is 0.491. The molecule has 1 atom stereocenters. The second kappa shape index (κ2) is 13.3. The van der Waals surface area contributed by atoms with Crippen molar-refractivity contribution in [3.63, 3.8) is 0 Å². The van der Waals surface area contributed by atoms with Crippen molar-refractivity contribution in [2.75, 3.05) is 4.90 Å². The lowest BCUT2D eigenvalue weighted by Crippen LogP contribution is -2.36. The van der Waals surface area contributed by atoms with E-state index in [-0.39, 0.29) is 0 Å². The molecule has 294 valence electrons. The van der Waals surface area contributed by atoms with E-state index in [1.807, 2.05) is 23.1 Å². The summed E-state index contributed by atoms with van der Waals surface area (Å²) in [5.41, 5.74) is 14.5. The molecular formula is C59H36N2S2. The molecule has 14 rings (SSSR count). The van der Waals surface area contributed by atoms with Crippen molar-refractivity contribution < 1.29 is 0 Å². The van der Waals surface area contributed by atoms with E-state index in [1.165, 1.54) is 102 Å². The smallest absolute Gasteiger partial charge is 0.0735 e. The van der Waals surface area contributed by atoms with Crippen molar-refractivity contribution in [1.82, 2.24) is 4.57 Å². The van der Waals surface area contributed by atoms with Gasteiger partial charge < -0.3 is 9.47 Å². The van der Waals surface area contributed by atoms with Gasteiger partial charge in [-0.15, -0.1) is 11.3 Å². The van der Waals surface area contributed by atoms with Crippen molar-refractivity contribution >= 4 is 92.9 Å². The van der Waals surface area contributed by atoms with Gasteiger partial charge in [0.2, 0.25) is 0 Å². The molecule has 1 spiro atoms. The first-order valence-electron chi connectivity index (χ1n) is 21.6. The van der Waals surface area contributed by atoms with Crippen LogP contribution >= 0.6 is 23.1 Å². The molecule has 10 aromatic carbocycles. The molecule has 12 aromatic rings. The molecule has 0 fully saturated rings. The van der Waals surface area contributed by atoms with Gasteiger partial charge in [0.05, 0.1) is 22.1 Å². The van der Waals surface area contributed by atoms with Gasteiger partial charge in [-0.05, 0) is 117 Å². The monoisotopic (exact) mass is 836 g/mol. The molecule has 0 radical (unpaired) electrons. The van der Waals surface area contributed by atoms with Gasteiger partial charge in [0.15, 0.2) is 0 Å². The van der Waals surface area contributed by atoms with E-state index < -0.39 is 5.41 Å². The summed E-state index contributed by atoms with van der Waals surface area (Å²) in [4.78, 5) is 5.01. The zero-order chi connectivity index (χ0) is 41.2. The Bertz CT molecular complexity index is 3850. The molecule has 3 heterocycles. The Hall–Kier alpha value is -7.37. The standard InChI is InChI=1S/C59H36N2S2/c1-2-17-38(18-3-1)60(39-32-34-51-45(35-39)42-20-5-9-26-50(42)61(51)52-27-14-30-55-58(52)44-21-6-10-28-53(44)62-55)40-31-33-48-56(36-40)63-54-29-11-8-24-47(54)59(48)46-23-7-4-19-41(46)43-22-12-15-37-16-13-25-49(59)57(37)43/h1-36H. The molecule has 0 bridgehead atoms. The van der Waals surface area contributed by atoms with E-state index in [9.17, 15) is 0 Å². The first-order chi connectivity index (χ1) is 31.3. The maximum Gasteiger partial charge on any atom is 0.0735 e. The zero-order valence-electron chi connectivity index (χ0n) is 34.0. The Morgan fingerprint density at radius 3 is 1.95 bits per heavy atom. The number of hydrogen-bond donors (Lipinski definition) is 0. The fourth-order valence-corrected chi connectivity index (χ4v) is 13.5. The van der Waals surface area contributed by atoms with Gasteiger partial charge in [0.25, 0.3) is 0 Å². The molecule has 0 saturated carbocycles. The number of fused-ring (bicyclic) bond motifs is 14. The molecule has 4 heteroatoms. The number of anilines is 3. The SMILES string of the molecule is c1ccc(N(c2ccc3c(c2)Sc2ccccc2C32c3ccccc3-c3cccc4cccc2c34)c2ccc3c(c2)c2ccccc2n3-c2cccc3sc4ccccc4c23)cc1. The predicted molar refractivity (Wildman–Crippen MR) is 267 cm³/mol. The van der Waals surface area contributed by atoms with E-state index in [2.05, 4.69) is 228 Å². The van der Waals surface area contributed by atoms with Gasteiger partial charge >= 0.3 is 0 Å². The normalized spacial score (nSPS) is 15.0. The Labute approximate surface area is 372 Å².